The van der Waals surface area contributed by atoms with E-state index in [9.17, 15) is 0 Å². The van der Waals surface area contributed by atoms with Crippen LogP contribution in [0.15, 0.2) is 12.3 Å². The van der Waals surface area contributed by atoms with Crippen LogP contribution in [0.2, 0.25) is 0 Å². The van der Waals surface area contributed by atoms with E-state index in [-0.39, 0.29) is 0 Å². The second-order valence-electron chi connectivity index (χ2n) is 1.89. The third kappa shape index (κ3) is 5.41. The summed E-state index contributed by atoms with van der Waals surface area (Å²) in [6.45, 7) is 8.52. The molecule has 0 aliphatic carbocycles. The third-order valence-electron chi connectivity index (χ3n) is 0.990. The fourth-order valence-electron chi connectivity index (χ4n) is 0.550. The second-order valence-corrected chi connectivity index (χ2v) is 1.89. The summed E-state index contributed by atoms with van der Waals surface area (Å²) in [5, 5.41) is 0. The van der Waals surface area contributed by atoms with Crippen LogP contribution in [-0.2, 0) is 4.74 Å². The Morgan fingerprint density at radius 3 is 2.67 bits per heavy atom. The average Bonchev–Trinajstić information content (AvgIpc) is 1.85. The van der Waals surface area contributed by atoms with Gasteiger partial charge in [-0.05, 0) is 13.3 Å². The lowest BCUT2D eigenvalue weighted by molar-refractivity contribution is 0.236. The van der Waals surface area contributed by atoms with Crippen molar-refractivity contribution in [1.82, 2.24) is 0 Å². The van der Waals surface area contributed by atoms with Crippen LogP contribution in [0.5, 0.6) is 0 Å². The third-order valence-corrected chi connectivity index (χ3v) is 0.990. The number of unbranched alkanes of at least 4 members (excludes halogenated alkanes) is 1. The molecule has 0 unspecified atom stereocenters. The predicted molar refractivity (Wildman–Crippen MR) is 40.0 cm³/mol. The van der Waals surface area contributed by atoms with E-state index in [0.717, 1.165) is 25.2 Å². The minimum atomic E-state index is 0.721. The fraction of sp³-hybridized carbons (Fsp3) is 0.625. The van der Waals surface area contributed by atoms with Crippen molar-refractivity contribution in [3.8, 4) is 0 Å². The first kappa shape index (κ1) is 8.54. The molecular formula is C8H15O. The number of hydrogen-bond donors (Lipinski definition) is 0. The Morgan fingerprint density at radius 2 is 2.22 bits per heavy atom. The van der Waals surface area contributed by atoms with E-state index < -0.39 is 0 Å². The van der Waals surface area contributed by atoms with E-state index in [0.29, 0.717) is 0 Å². The van der Waals surface area contributed by atoms with Gasteiger partial charge in [0.15, 0.2) is 0 Å². The van der Waals surface area contributed by atoms with Crippen LogP contribution < -0.4 is 0 Å². The molecule has 0 aliphatic heterocycles. The van der Waals surface area contributed by atoms with Crippen LogP contribution in [-0.4, -0.2) is 6.61 Å². The quantitative estimate of drug-likeness (QED) is 0.516. The molecule has 0 atom stereocenters. The first-order valence-corrected chi connectivity index (χ1v) is 3.46. The number of rotatable bonds is 5. The maximum absolute atomic E-state index is 5.09. The van der Waals surface area contributed by atoms with Gasteiger partial charge in [0.2, 0.25) is 0 Å². The molecule has 1 nitrogen and oxygen atoms in total. The minimum absolute atomic E-state index is 0.721. The highest BCUT2D eigenvalue weighted by Crippen LogP contribution is 2.03. The summed E-state index contributed by atoms with van der Waals surface area (Å²) in [6.07, 6.45) is 4.24. The Hall–Kier alpha value is -0.460. The summed E-state index contributed by atoms with van der Waals surface area (Å²) >= 11 is 0. The van der Waals surface area contributed by atoms with Crippen LogP contribution in [0.4, 0.5) is 0 Å². The molecule has 0 spiro atoms. The number of allylic oxidation sites excluding steroid dienone is 1. The van der Waals surface area contributed by atoms with Crippen molar-refractivity contribution < 1.29 is 4.74 Å². The van der Waals surface area contributed by atoms with Crippen molar-refractivity contribution in [3.05, 3.63) is 18.8 Å². The highest BCUT2D eigenvalue weighted by atomic mass is 16.5. The predicted octanol–water partition coefficient (Wildman–Crippen LogP) is 2.54. The molecule has 0 aromatic rings. The van der Waals surface area contributed by atoms with Crippen LogP contribution in [0.3, 0.4) is 0 Å². The Morgan fingerprint density at radius 1 is 1.56 bits per heavy atom. The molecule has 1 heteroatoms. The standard InChI is InChI=1S/C8H15O/c1-4-6-7-8(3)9-5-2/h7H,3-6H2,1-2H3. The molecule has 9 heavy (non-hydrogen) atoms. The van der Waals surface area contributed by atoms with Gasteiger partial charge in [0.25, 0.3) is 0 Å². The van der Waals surface area contributed by atoms with Gasteiger partial charge in [-0.3, -0.25) is 0 Å². The molecule has 0 bridgehead atoms. The number of ether oxygens (including phenoxy) is 1. The van der Waals surface area contributed by atoms with Crippen molar-refractivity contribution in [1.29, 1.82) is 0 Å². The summed E-state index contributed by atoms with van der Waals surface area (Å²) < 4.78 is 5.09. The van der Waals surface area contributed by atoms with Gasteiger partial charge in [-0.2, -0.15) is 0 Å². The lowest BCUT2D eigenvalue weighted by Crippen LogP contribution is -1.89. The molecule has 0 aromatic carbocycles. The van der Waals surface area contributed by atoms with E-state index in [2.05, 4.69) is 13.5 Å². The molecule has 0 amide bonds. The summed E-state index contributed by atoms with van der Waals surface area (Å²) in [7, 11) is 0. The molecule has 0 heterocycles. The van der Waals surface area contributed by atoms with Gasteiger partial charge in [-0.15, -0.1) is 0 Å². The van der Waals surface area contributed by atoms with Gasteiger partial charge in [-0.1, -0.05) is 19.9 Å². The van der Waals surface area contributed by atoms with E-state index in [4.69, 9.17) is 4.74 Å². The van der Waals surface area contributed by atoms with Gasteiger partial charge >= 0.3 is 0 Å². The summed E-state index contributed by atoms with van der Waals surface area (Å²) in [5.74, 6) is 0.805. The zero-order chi connectivity index (χ0) is 7.11. The van der Waals surface area contributed by atoms with Crippen molar-refractivity contribution in [3.63, 3.8) is 0 Å². The molecular weight excluding hydrogens is 112 g/mol. The first-order chi connectivity index (χ1) is 4.31. The lowest BCUT2D eigenvalue weighted by Gasteiger charge is -2.03. The topological polar surface area (TPSA) is 9.23 Å². The molecule has 0 fully saturated rings. The van der Waals surface area contributed by atoms with Crippen molar-refractivity contribution in [2.24, 2.45) is 0 Å². The Labute approximate surface area is 57.7 Å². The zero-order valence-corrected chi connectivity index (χ0v) is 6.31. The van der Waals surface area contributed by atoms with Crippen LogP contribution >= 0.6 is 0 Å². The maximum atomic E-state index is 5.09. The number of hydrogen-bond acceptors (Lipinski definition) is 1. The van der Waals surface area contributed by atoms with Gasteiger partial charge in [0, 0.05) is 6.42 Å². The monoisotopic (exact) mass is 127 g/mol. The highest BCUT2D eigenvalue weighted by Gasteiger charge is 1.90. The maximum Gasteiger partial charge on any atom is 0.0926 e. The zero-order valence-electron chi connectivity index (χ0n) is 6.31. The van der Waals surface area contributed by atoms with Gasteiger partial charge in [-0.25, -0.2) is 0 Å². The summed E-state index contributed by atoms with van der Waals surface area (Å²) in [6, 6.07) is 0. The van der Waals surface area contributed by atoms with Gasteiger partial charge < -0.3 is 4.74 Å². The molecule has 0 aliphatic rings. The average molecular weight is 127 g/mol. The Bertz CT molecular complexity index is 76.6. The van der Waals surface area contributed by atoms with Gasteiger partial charge in [0.1, 0.15) is 0 Å². The van der Waals surface area contributed by atoms with Crippen LogP contribution in [0.25, 0.3) is 0 Å². The van der Waals surface area contributed by atoms with E-state index >= 15 is 0 Å². The molecule has 1 radical (unpaired) electrons. The molecule has 0 saturated heterocycles. The van der Waals surface area contributed by atoms with Crippen molar-refractivity contribution in [2.75, 3.05) is 6.61 Å². The van der Waals surface area contributed by atoms with Crippen molar-refractivity contribution in [2.45, 2.75) is 26.7 Å². The van der Waals surface area contributed by atoms with E-state index in [1.165, 1.54) is 0 Å². The second kappa shape index (κ2) is 5.67. The Balaban J connectivity index is 3.06. The summed E-state index contributed by atoms with van der Waals surface area (Å²) in [5.41, 5.74) is 0. The normalized spacial score (nSPS) is 9.11. The fourth-order valence-corrected chi connectivity index (χ4v) is 0.550. The lowest BCUT2D eigenvalue weighted by atomic mass is 10.2. The van der Waals surface area contributed by atoms with Gasteiger partial charge in [0.05, 0.1) is 12.4 Å². The summed E-state index contributed by atoms with van der Waals surface area (Å²) in [4.78, 5) is 0. The van der Waals surface area contributed by atoms with Crippen molar-refractivity contribution >= 4 is 0 Å². The molecule has 0 saturated carbocycles. The smallest absolute Gasteiger partial charge is 0.0926 e. The van der Waals surface area contributed by atoms with Crippen LogP contribution in [0, 0.1) is 6.42 Å². The molecule has 0 N–H and O–H groups in total. The Kier molecular flexibility index (Phi) is 5.38. The first-order valence-electron chi connectivity index (χ1n) is 3.46. The molecule has 0 rings (SSSR count). The minimum Gasteiger partial charge on any atom is -0.499 e. The highest BCUT2D eigenvalue weighted by molar-refractivity contribution is 4.97. The molecule has 0 aromatic heterocycles. The molecule has 53 valence electrons. The van der Waals surface area contributed by atoms with Crippen LogP contribution in [0.1, 0.15) is 26.7 Å². The van der Waals surface area contributed by atoms with E-state index in [1.807, 2.05) is 13.3 Å². The van der Waals surface area contributed by atoms with E-state index in [1.54, 1.807) is 0 Å². The largest absolute Gasteiger partial charge is 0.499 e. The SMILES string of the molecule is C=C([CH]CCC)OCC.